The van der Waals surface area contributed by atoms with E-state index in [1.807, 2.05) is 35.8 Å². The van der Waals surface area contributed by atoms with E-state index in [9.17, 15) is 9.59 Å². The van der Waals surface area contributed by atoms with Crippen LogP contribution in [0.25, 0.3) is 11.4 Å². The van der Waals surface area contributed by atoms with E-state index in [-0.39, 0.29) is 11.7 Å². The Balaban J connectivity index is 1.47. The molecule has 1 aromatic carbocycles. The summed E-state index contributed by atoms with van der Waals surface area (Å²) in [6.07, 6.45) is 2.80. The second kappa shape index (κ2) is 9.74. The van der Waals surface area contributed by atoms with E-state index in [0.29, 0.717) is 22.3 Å². The first-order chi connectivity index (χ1) is 15.5. The number of aryl methyl sites for hydroxylation is 1. The summed E-state index contributed by atoms with van der Waals surface area (Å²) in [6, 6.07) is 7.63. The average Bonchev–Trinajstić information content (AvgIpc) is 3.51. The number of hydrogen-bond donors (Lipinski definition) is 1. The first-order valence-corrected chi connectivity index (χ1v) is 12.1. The number of amides is 1. The van der Waals surface area contributed by atoms with Gasteiger partial charge >= 0.3 is 5.97 Å². The molecule has 1 amide bonds. The van der Waals surface area contributed by atoms with Gasteiger partial charge in [-0.15, -0.1) is 21.5 Å². The van der Waals surface area contributed by atoms with E-state index in [2.05, 4.69) is 15.5 Å². The lowest BCUT2D eigenvalue weighted by molar-refractivity contribution is -0.113. The molecule has 0 bridgehead atoms. The van der Waals surface area contributed by atoms with Crippen LogP contribution < -0.4 is 10.1 Å². The molecular weight excluding hydrogens is 448 g/mol. The van der Waals surface area contributed by atoms with Gasteiger partial charge in [0.15, 0.2) is 11.0 Å². The molecule has 0 atom stereocenters. The van der Waals surface area contributed by atoms with Crippen LogP contribution in [0.15, 0.2) is 29.4 Å². The molecule has 0 unspecified atom stereocenters. The molecule has 168 valence electrons. The number of hydrogen-bond acceptors (Lipinski definition) is 8. The largest absolute Gasteiger partial charge is 0.497 e. The minimum atomic E-state index is -0.402. The van der Waals surface area contributed by atoms with E-state index in [1.54, 1.807) is 7.11 Å². The van der Waals surface area contributed by atoms with Crippen molar-refractivity contribution in [3.05, 3.63) is 40.3 Å². The smallest absolute Gasteiger partial charge is 0.341 e. The zero-order valence-corrected chi connectivity index (χ0v) is 19.8. The Labute approximate surface area is 194 Å². The maximum Gasteiger partial charge on any atom is 0.341 e. The van der Waals surface area contributed by atoms with Crippen molar-refractivity contribution in [2.45, 2.75) is 37.9 Å². The van der Waals surface area contributed by atoms with Gasteiger partial charge in [-0.3, -0.25) is 4.79 Å². The topological polar surface area (TPSA) is 95.3 Å². The van der Waals surface area contributed by atoms with E-state index in [1.165, 1.54) is 30.2 Å². The highest BCUT2D eigenvalue weighted by Crippen LogP contribution is 2.39. The van der Waals surface area contributed by atoms with Gasteiger partial charge in [-0.2, -0.15) is 0 Å². The number of nitrogens with one attached hydrogen (secondary N) is 1. The molecule has 3 aromatic rings. The zero-order chi connectivity index (χ0) is 22.7. The Morgan fingerprint density at radius 1 is 1.25 bits per heavy atom. The Kier molecular flexibility index (Phi) is 6.80. The standard InChI is InChI=1S/C22H24N4O4S2/c1-4-26-19(13-7-5-8-14(11-13)29-2)24-25-22(26)31-12-17(27)23-20-18(21(28)30-3)15-9-6-10-16(15)32-20/h5,7-8,11H,4,6,9-10,12H2,1-3H3,(H,23,27). The van der Waals surface area contributed by atoms with Gasteiger partial charge in [0.1, 0.15) is 10.8 Å². The molecule has 1 aliphatic rings. The van der Waals surface area contributed by atoms with Crippen LogP contribution in [0.1, 0.15) is 34.1 Å². The number of anilines is 1. The molecule has 0 aliphatic heterocycles. The van der Waals surface area contributed by atoms with Crippen LogP contribution in [-0.4, -0.2) is 46.6 Å². The highest BCUT2D eigenvalue weighted by atomic mass is 32.2. The predicted molar refractivity (Wildman–Crippen MR) is 125 cm³/mol. The molecule has 10 heteroatoms. The molecule has 0 saturated heterocycles. The molecule has 4 rings (SSSR count). The summed E-state index contributed by atoms with van der Waals surface area (Å²) in [5, 5.41) is 12.7. The number of esters is 1. The van der Waals surface area contributed by atoms with Gasteiger partial charge in [0.05, 0.1) is 25.5 Å². The third-order valence-electron chi connectivity index (χ3n) is 5.26. The number of carbonyl (C=O) groups is 2. The summed E-state index contributed by atoms with van der Waals surface area (Å²) < 4.78 is 12.2. The van der Waals surface area contributed by atoms with Gasteiger partial charge in [-0.1, -0.05) is 23.9 Å². The molecule has 8 nitrogen and oxygen atoms in total. The van der Waals surface area contributed by atoms with E-state index < -0.39 is 5.97 Å². The number of methoxy groups -OCH3 is 2. The third kappa shape index (κ3) is 4.37. The Morgan fingerprint density at radius 2 is 2.09 bits per heavy atom. The Morgan fingerprint density at radius 3 is 2.84 bits per heavy atom. The Hall–Kier alpha value is -2.85. The van der Waals surface area contributed by atoms with Crippen molar-refractivity contribution < 1.29 is 19.1 Å². The Bertz CT molecular complexity index is 1160. The average molecular weight is 473 g/mol. The lowest BCUT2D eigenvalue weighted by Gasteiger charge is -2.09. The van der Waals surface area contributed by atoms with Gasteiger partial charge in [0, 0.05) is 17.0 Å². The van der Waals surface area contributed by atoms with Gasteiger partial charge in [-0.05, 0) is 43.9 Å². The second-order valence-electron chi connectivity index (χ2n) is 7.17. The molecule has 32 heavy (non-hydrogen) atoms. The fraction of sp³-hybridized carbons (Fsp3) is 0.364. The molecular formula is C22H24N4O4S2. The zero-order valence-electron chi connectivity index (χ0n) is 18.1. The SMILES string of the molecule is CCn1c(SCC(=O)Nc2sc3c(c2C(=O)OC)CCC3)nnc1-c1cccc(OC)c1. The first-order valence-electron chi connectivity index (χ1n) is 10.3. The van der Waals surface area contributed by atoms with Gasteiger partial charge in [0.2, 0.25) is 5.91 Å². The molecule has 0 radical (unpaired) electrons. The summed E-state index contributed by atoms with van der Waals surface area (Å²) in [4.78, 5) is 26.1. The number of nitrogens with zero attached hydrogens (tertiary/aromatic N) is 3. The van der Waals surface area contributed by atoms with Gasteiger partial charge in [-0.25, -0.2) is 4.79 Å². The number of thiophene rings is 1. The summed E-state index contributed by atoms with van der Waals surface area (Å²) >= 11 is 2.78. The summed E-state index contributed by atoms with van der Waals surface area (Å²) in [6.45, 7) is 2.67. The van der Waals surface area contributed by atoms with Crippen LogP contribution in [0, 0.1) is 0 Å². The van der Waals surface area contributed by atoms with E-state index in [0.717, 1.165) is 46.8 Å². The monoisotopic (exact) mass is 472 g/mol. The molecule has 2 heterocycles. The predicted octanol–water partition coefficient (Wildman–Crippen LogP) is 4.04. The number of aromatic nitrogens is 3. The minimum absolute atomic E-state index is 0.152. The van der Waals surface area contributed by atoms with Crippen molar-refractivity contribution >= 4 is 40.0 Å². The van der Waals surface area contributed by atoms with Crippen molar-refractivity contribution in [2.24, 2.45) is 0 Å². The van der Waals surface area contributed by atoms with Gasteiger partial charge < -0.3 is 19.4 Å². The maximum absolute atomic E-state index is 12.7. The molecule has 2 aromatic heterocycles. The highest BCUT2D eigenvalue weighted by Gasteiger charge is 2.28. The fourth-order valence-corrected chi connectivity index (χ4v) is 5.86. The van der Waals surface area contributed by atoms with Crippen molar-refractivity contribution in [2.75, 3.05) is 25.3 Å². The number of rotatable bonds is 8. The van der Waals surface area contributed by atoms with Crippen LogP contribution in [-0.2, 0) is 28.9 Å². The first kappa shape index (κ1) is 22.3. The summed E-state index contributed by atoms with van der Waals surface area (Å²) in [5.74, 6) is 1.01. The maximum atomic E-state index is 12.7. The van der Waals surface area contributed by atoms with Crippen LogP contribution in [0.5, 0.6) is 5.75 Å². The minimum Gasteiger partial charge on any atom is -0.497 e. The number of thioether (sulfide) groups is 1. The molecule has 1 N–H and O–H groups in total. The lowest BCUT2D eigenvalue weighted by atomic mass is 10.1. The second-order valence-corrected chi connectivity index (χ2v) is 9.22. The van der Waals surface area contributed by atoms with Crippen LogP contribution in [0.2, 0.25) is 0 Å². The molecule has 0 saturated carbocycles. The van der Waals surface area contributed by atoms with E-state index >= 15 is 0 Å². The van der Waals surface area contributed by atoms with Crippen molar-refractivity contribution in [3.63, 3.8) is 0 Å². The normalized spacial score (nSPS) is 12.5. The third-order valence-corrected chi connectivity index (χ3v) is 7.43. The lowest BCUT2D eigenvalue weighted by Crippen LogP contribution is -2.16. The quantitative estimate of drug-likeness (QED) is 0.390. The van der Waals surface area contributed by atoms with E-state index in [4.69, 9.17) is 9.47 Å². The van der Waals surface area contributed by atoms with Crippen LogP contribution >= 0.6 is 23.1 Å². The van der Waals surface area contributed by atoms with Crippen LogP contribution in [0.3, 0.4) is 0 Å². The number of fused-ring (bicyclic) bond motifs is 1. The van der Waals surface area contributed by atoms with Crippen molar-refractivity contribution in [1.29, 1.82) is 0 Å². The summed E-state index contributed by atoms with van der Waals surface area (Å²) in [7, 11) is 2.98. The summed E-state index contributed by atoms with van der Waals surface area (Å²) in [5.41, 5.74) is 2.41. The highest BCUT2D eigenvalue weighted by molar-refractivity contribution is 7.99. The number of benzene rings is 1. The number of ether oxygens (including phenoxy) is 2. The molecule has 0 fully saturated rings. The fourth-order valence-electron chi connectivity index (χ4n) is 3.76. The molecule has 1 aliphatic carbocycles. The van der Waals surface area contributed by atoms with Crippen molar-refractivity contribution in [3.8, 4) is 17.1 Å². The molecule has 0 spiro atoms. The van der Waals surface area contributed by atoms with Gasteiger partial charge in [0.25, 0.3) is 0 Å². The number of carbonyl (C=O) groups excluding carboxylic acids is 2. The van der Waals surface area contributed by atoms with Crippen molar-refractivity contribution in [1.82, 2.24) is 14.8 Å². The van der Waals surface area contributed by atoms with Crippen LogP contribution in [0.4, 0.5) is 5.00 Å².